The fourth-order valence-corrected chi connectivity index (χ4v) is 7.54. The number of hydrogen-bond donors (Lipinski definition) is 2. The van der Waals surface area contributed by atoms with E-state index in [0.29, 0.717) is 95.8 Å². The maximum absolute atomic E-state index is 12.9. The van der Waals surface area contributed by atoms with Crippen LogP contribution in [0.2, 0.25) is 0 Å². The number of aryl methyl sites for hydroxylation is 1. The van der Waals surface area contributed by atoms with Crippen LogP contribution in [0.15, 0.2) is 37.1 Å². The number of amides is 2. The van der Waals surface area contributed by atoms with Gasteiger partial charge in [-0.3, -0.25) is 24.3 Å². The molecule has 4 aromatic heterocycles. The smallest absolute Gasteiger partial charge is 0.225 e. The third-order valence-corrected chi connectivity index (χ3v) is 11.0. The Bertz CT molecular complexity index is 2040. The summed E-state index contributed by atoms with van der Waals surface area (Å²) in [5, 5.41) is 5.59. The maximum atomic E-state index is 12.9. The molecule has 7 rings (SSSR count). The Morgan fingerprint density at radius 2 is 1.51 bits per heavy atom. The molecular formula is C40H53N13O4. The van der Waals surface area contributed by atoms with E-state index in [2.05, 4.69) is 52.9 Å². The number of fused-ring (bicyclic) bond motifs is 2. The van der Waals surface area contributed by atoms with E-state index >= 15 is 0 Å². The number of nitrogens with two attached hydrogens (primary N) is 2. The molecule has 0 aromatic carbocycles. The highest BCUT2D eigenvalue weighted by Gasteiger charge is 2.24. The molecule has 17 nitrogen and oxygen atoms in total. The number of allylic oxidation sites excluding steroid dienone is 1. The molecule has 2 saturated heterocycles. The Kier molecular flexibility index (Phi) is 13.4. The van der Waals surface area contributed by atoms with Crippen molar-refractivity contribution in [3.8, 4) is 11.3 Å². The number of aromatic nitrogens is 7. The lowest BCUT2D eigenvalue weighted by molar-refractivity contribution is -0.134. The van der Waals surface area contributed by atoms with Crippen molar-refractivity contribution < 1.29 is 19.1 Å². The van der Waals surface area contributed by atoms with E-state index in [1.54, 1.807) is 12.4 Å². The van der Waals surface area contributed by atoms with E-state index in [0.717, 1.165) is 78.8 Å². The average Bonchev–Trinajstić information content (AvgIpc) is 3.88. The summed E-state index contributed by atoms with van der Waals surface area (Å²) in [7, 11) is 0. The molecule has 2 amide bonds. The number of anilines is 2. The lowest BCUT2D eigenvalue weighted by atomic mass is 10.1. The first-order valence-electron chi connectivity index (χ1n) is 20.1. The fraction of sp³-hybridized carbons (Fsp3) is 0.525. The molecule has 0 radical (unpaired) electrons. The Labute approximate surface area is 332 Å². The number of Topliss-reactive ketones (excluding diaryl/α,β-unsaturated/α-hetero) is 1. The molecule has 0 atom stereocenters. The predicted molar refractivity (Wildman–Crippen MR) is 216 cm³/mol. The number of unbranched alkanes of at least 4 members (excludes halogenated alkanes) is 2. The van der Waals surface area contributed by atoms with Gasteiger partial charge in [0.1, 0.15) is 23.6 Å². The van der Waals surface area contributed by atoms with Crippen molar-refractivity contribution in [2.45, 2.75) is 64.5 Å². The molecule has 0 saturated carbocycles. The third-order valence-electron chi connectivity index (χ3n) is 11.0. The number of carbonyl (C=O) groups excluding carboxylic acids is 3. The molecule has 3 aliphatic rings. The van der Waals surface area contributed by atoms with Gasteiger partial charge in [-0.1, -0.05) is 18.6 Å². The van der Waals surface area contributed by atoms with E-state index in [-0.39, 0.29) is 30.4 Å². The Hall–Kier alpha value is -5.39. The zero-order chi connectivity index (χ0) is 39.6. The standard InChI is InChI=1S/C40H53N13O4/c41-24-29-25-44-40(45-26-29)52-18-16-51(17-19-52)35(56)10-21-57-22-20-49-12-14-50(15-13-49)34(55)9-8-32(54)6-2-1-3-11-53-39-36(38(42)46-28-47-39)37(48-53)31-23-30-5-4-7-33(30)43-27-31/h4-5,23,25-28H,1-3,6-22,24,41H2,(H2,42,46,47). The average molecular weight is 780 g/mol. The fourth-order valence-electron chi connectivity index (χ4n) is 7.54. The molecule has 0 unspecified atom stereocenters. The molecule has 302 valence electrons. The van der Waals surface area contributed by atoms with Crippen molar-refractivity contribution in [1.29, 1.82) is 0 Å². The van der Waals surface area contributed by atoms with Crippen LogP contribution >= 0.6 is 0 Å². The van der Waals surface area contributed by atoms with Crippen molar-refractivity contribution in [1.82, 2.24) is 49.4 Å². The second-order valence-electron chi connectivity index (χ2n) is 14.8. The number of ether oxygens (including phenoxy) is 1. The highest BCUT2D eigenvalue weighted by atomic mass is 16.5. The van der Waals surface area contributed by atoms with Gasteiger partial charge in [0, 0.05) is 127 Å². The van der Waals surface area contributed by atoms with E-state index in [9.17, 15) is 14.4 Å². The summed E-state index contributed by atoms with van der Waals surface area (Å²) in [6.45, 7) is 8.16. The van der Waals surface area contributed by atoms with Crippen LogP contribution in [0.3, 0.4) is 0 Å². The minimum absolute atomic E-state index is 0.0350. The van der Waals surface area contributed by atoms with Gasteiger partial charge in [-0.25, -0.2) is 24.6 Å². The minimum atomic E-state index is 0.0350. The van der Waals surface area contributed by atoms with Gasteiger partial charge in [0.2, 0.25) is 17.8 Å². The molecule has 2 aliphatic heterocycles. The van der Waals surface area contributed by atoms with Crippen LogP contribution < -0.4 is 16.4 Å². The van der Waals surface area contributed by atoms with E-state index < -0.39 is 0 Å². The largest absolute Gasteiger partial charge is 0.383 e. The van der Waals surface area contributed by atoms with Crippen LogP contribution in [-0.2, 0) is 38.6 Å². The number of nitrogen functional groups attached to an aromatic ring is 1. The second-order valence-corrected chi connectivity index (χ2v) is 14.8. The first-order chi connectivity index (χ1) is 27.9. The van der Waals surface area contributed by atoms with Gasteiger partial charge >= 0.3 is 0 Å². The van der Waals surface area contributed by atoms with E-state index in [1.807, 2.05) is 20.7 Å². The zero-order valence-electron chi connectivity index (χ0n) is 32.6. The number of pyridine rings is 1. The number of carbonyl (C=O) groups is 3. The molecule has 6 heterocycles. The Morgan fingerprint density at radius 3 is 2.28 bits per heavy atom. The van der Waals surface area contributed by atoms with Gasteiger partial charge in [-0.2, -0.15) is 5.10 Å². The van der Waals surface area contributed by atoms with Crippen LogP contribution in [0.1, 0.15) is 61.8 Å². The summed E-state index contributed by atoms with van der Waals surface area (Å²) >= 11 is 0. The predicted octanol–water partition coefficient (Wildman–Crippen LogP) is 2.10. The van der Waals surface area contributed by atoms with Crippen molar-refractivity contribution in [3.05, 3.63) is 53.9 Å². The number of nitrogens with zero attached hydrogens (tertiary/aromatic N) is 11. The quantitative estimate of drug-likeness (QED) is 0.139. The highest BCUT2D eigenvalue weighted by molar-refractivity contribution is 5.98. The summed E-state index contributed by atoms with van der Waals surface area (Å²) in [6.07, 6.45) is 15.5. The zero-order valence-corrected chi connectivity index (χ0v) is 32.6. The topological polar surface area (TPSA) is 208 Å². The van der Waals surface area contributed by atoms with Gasteiger partial charge in [-0.05, 0) is 24.5 Å². The van der Waals surface area contributed by atoms with Crippen LogP contribution in [-0.4, -0.2) is 139 Å². The van der Waals surface area contributed by atoms with Gasteiger partial charge in [0.15, 0.2) is 5.65 Å². The van der Waals surface area contributed by atoms with Crippen LogP contribution in [0, 0.1) is 0 Å². The summed E-state index contributed by atoms with van der Waals surface area (Å²) < 4.78 is 7.67. The van der Waals surface area contributed by atoms with E-state index in [4.69, 9.17) is 21.3 Å². The third kappa shape index (κ3) is 10.1. The molecule has 57 heavy (non-hydrogen) atoms. The molecule has 2 fully saturated rings. The number of hydrogen-bond acceptors (Lipinski definition) is 14. The maximum Gasteiger partial charge on any atom is 0.225 e. The van der Waals surface area contributed by atoms with Crippen molar-refractivity contribution in [3.63, 3.8) is 0 Å². The van der Waals surface area contributed by atoms with Crippen LogP contribution in [0.25, 0.3) is 28.4 Å². The number of ketones is 1. The summed E-state index contributed by atoms with van der Waals surface area (Å²) in [4.78, 5) is 68.4. The number of rotatable bonds is 18. The summed E-state index contributed by atoms with van der Waals surface area (Å²) in [5.41, 5.74) is 17.2. The molecular weight excluding hydrogens is 727 g/mol. The first-order valence-corrected chi connectivity index (χ1v) is 20.1. The molecule has 1 aliphatic carbocycles. The molecule has 0 spiro atoms. The second kappa shape index (κ2) is 19.2. The molecule has 4 N–H and O–H groups in total. The van der Waals surface area contributed by atoms with Crippen LogP contribution in [0.5, 0.6) is 0 Å². The van der Waals surface area contributed by atoms with Gasteiger partial charge in [0.05, 0.1) is 30.7 Å². The van der Waals surface area contributed by atoms with E-state index in [1.165, 1.54) is 6.33 Å². The van der Waals surface area contributed by atoms with Crippen LogP contribution in [0.4, 0.5) is 11.8 Å². The monoisotopic (exact) mass is 779 g/mol. The minimum Gasteiger partial charge on any atom is -0.383 e. The Morgan fingerprint density at radius 1 is 0.754 bits per heavy atom. The first kappa shape index (κ1) is 39.8. The lowest BCUT2D eigenvalue weighted by Crippen LogP contribution is -2.49. The van der Waals surface area contributed by atoms with Crippen molar-refractivity contribution in [2.24, 2.45) is 5.73 Å². The van der Waals surface area contributed by atoms with Crippen molar-refractivity contribution in [2.75, 3.05) is 82.8 Å². The SMILES string of the molecule is NCc1cnc(N2CCN(C(=O)CCOCCN3CCN(C(=O)CCC(=O)CCCCCn4nc(-c5cnc6c(c5)C=CC6)c5c(N)ncnc54)CC3)CC2)nc1. The lowest BCUT2D eigenvalue weighted by Gasteiger charge is -2.35. The highest BCUT2D eigenvalue weighted by Crippen LogP contribution is 2.32. The number of piperazine rings is 2. The molecule has 4 aromatic rings. The van der Waals surface area contributed by atoms with Gasteiger partial charge in [0.25, 0.3) is 0 Å². The summed E-state index contributed by atoms with van der Waals surface area (Å²) in [6, 6.07) is 2.08. The molecule has 17 heteroatoms. The van der Waals surface area contributed by atoms with Gasteiger partial charge in [-0.15, -0.1) is 0 Å². The summed E-state index contributed by atoms with van der Waals surface area (Å²) in [5.74, 6) is 1.30. The van der Waals surface area contributed by atoms with Gasteiger partial charge < -0.3 is 30.9 Å². The molecule has 0 bridgehead atoms. The normalized spacial score (nSPS) is 15.8. The van der Waals surface area contributed by atoms with Crippen molar-refractivity contribution >= 4 is 46.5 Å². The Balaban J connectivity index is 0.728.